The van der Waals surface area contributed by atoms with Gasteiger partial charge in [0.25, 0.3) is 0 Å². The van der Waals surface area contributed by atoms with Gasteiger partial charge in [0.1, 0.15) is 17.3 Å². The zero-order valence-corrected chi connectivity index (χ0v) is 18.0. The van der Waals surface area contributed by atoms with Crippen molar-refractivity contribution in [2.45, 2.75) is 95.8 Å². The Labute approximate surface area is 165 Å². The number of hydrogen-bond acceptors (Lipinski definition) is 1. The van der Waals surface area contributed by atoms with E-state index in [1.165, 1.54) is 93.5 Å². The molecule has 1 N–H and O–H groups in total. The van der Waals surface area contributed by atoms with Gasteiger partial charge < -0.3 is 17.5 Å². The van der Waals surface area contributed by atoms with Gasteiger partial charge in [-0.25, -0.2) is 0 Å². The van der Waals surface area contributed by atoms with Crippen molar-refractivity contribution in [2.75, 3.05) is 11.5 Å². The number of benzene rings is 1. The first-order valence-electron chi connectivity index (χ1n) is 10.2. The van der Waals surface area contributed by atoms with E-state index in [0.29, 0.717) is 16.6 Å². The third-order valence-corrected chi connectivity index (χ3v) is 7.16. The van der Waals surface area contributed by atoms with E-state index in [2.05, 4.69) is 26.0 Å². The molecule has 1 nitrogen and oxygen atoms in total. The van der Waals surface area contributed by atoms with Crippen molar-refractivity contribution in [1.82, 2.24) is 0 Å². The van der Waals surface area contributed by atoms with Gasteiger partial charge in [-0.1, -0.05) is 65.2 Å². The van der Waals surface area contributed by atoms with Gasteiger partial charge in [0.15, 0.2) is 4.90 Å². The van der Waals surface area contributed by atoms with Crippen molar-refractivity contribution in [3.63, 3.8) is 0 Å². The average molecular weight is 387 g/mol. The van der Waals surface area contributed by atoms with Crippen molar-refractivity contribution in [3.8, 4) is 5.75 Å². The van der Waals surface area contributed by atoms with Crippen molar-refractivity contribution < 1.29 is 17.5 Å². The highest BCUT2D eigenvalue weighted by Gasteiger charge is 2.20. The molecule has 0 amide bonds. The third kappa shape index (κ3) is 12.6. The van der Waals surface area contributed by atoms with Crippen molar-refractivity contribution in [1.29, 1.82) is 0 Å². The van der Waals surface area contributed by atoms with Gasteiger partial charge in [-0.3, -0.25) is 0 Å². The molecule has 1 aromatic carbocycles. The summed E-state index contributed by atoms with van der Waals surface area (Å²) in [5.74, 6) is 3.07. The summed E-state index contributed by atoms with van der Waals surface area (Å²) < 4.78 is 0. The number of phenols is 1. The predicted molar refractivity (Wildman–Crippen MR) is 110 cm³/mol. The van der Waals surface area contributed by atoms with Crippen LogP contribution in [0.2, 0.25) is 0 Å². The van der Waals surface area contributed by atoms with Gasteiger partial charge in [-0.05, 0) is 49.9 Å². The molecule has 1 rings (SSSR count). The summed E-state index contributed by atoms with van der Waals surface area (Å²) in [5.41, 5.74) is 0. The van der Waals surface area contributed by atoms with Crippen LogP contribution in [0.3, 0.4) is 0 Å². The van der Waals surface area contributed by atoms with Gasteiger partial charge in [-0.2, -0.15) is 0 Å². The first kappa shape index (κ1) is 24.7. The van der Waals surface area contributed by atoms with Crippen LogP contribution in [0.1, 0.15) is 90.9 Å². The zero-order chi connectivity index (χ0) is 17.5. The second-order valence-corrected chi connectivity index (χ2v) is 9.20. The summed E-state index contributed by atoms with van der Waals surface area (Å²) in [6.07, 6.45) is 16.6. The molecule has 0 aliphatic heterocycles. The Hall–Kier alpha value is -0.340. The van der Waals surface area contributed by atoms with E-state index in [1.807, 2.05) is 12.1 Å². The Morgan fingerprint density at radius 2 is 1.04 bits per heavy atom. The first-order chi connectivity index (χ1) is 11.8. The molecule has 0 aliphatic rings. The summed E-state index contributed by atoms with van der Waals surface area (Å²) in [6.45, 7) is 4.56. The highest BCUT2D eigenvalue weighted by Crippen LogP contribution is 2.21. The van der Waals surface area contributed by atoms with Crippen LogP contribution in [0.4, 0.5) is 0 Å². The number of aromatic hydroxyl groups is 1. The first-order valence-corrected chi connectivity index (χ1v) is 11.8. The molecule has 0 bridgehead atoms. The maximum atomic E-state index is 9.53. The highest BCUT2D eigenvalue weighted by atomic mass is 35.5. The van der Waals surface area contributed by atoms with Crippen LogP contribution >= 0.6 is 0 Å². The molecular formula is C22H39ClOS. The molecular weight excluding hydrogens is 348 g/mol. The standard InChI is InChI=1S/C22H38OS.ClH/c1-3-5-7-9-11-13-19-24(20-14-12-10-8-6-4-2)22-17-15-21(23)16-18-22;/h15-18H,3-14,19-20H2,1-2H3;1H. The molecule has 0 heterocycles. The van der Waals surface area contributed by atoms with Gasteiger partial charge in [-0.15, -0.1) is 0 Å². The van der Waals surface area contributed by atoms with Gasteiger partial charge >= 0.3 is 0 Å². The molecule has 1 aromatic rings. The summed E-state index contributed by atoms with van der Waals surface area (Å²) in [5, 5.41) is 9.53. The lowest BCUT2D eigenvalue weighted by molar-refractivity contribution is -0.00000629. The number of unbranched alkanes of at least 4 members (excludes halogenated alkanes) is 10. The van der Waals surface area contributed by atoms with Crippen molar-refractivity contribution in [2.24, 2.45) is 0 Å². The zero-order valence-electron chi connectivity index (χ0n) is 16.4. The number of rotatable bonds is 15. The lowest BCUT2D eigenvalue weighted by Crippen LogP contribution is -3.00. The molecule has 0 aliphatic carbocycles. The minimum Gasteiger partial charge on any atom is -1.00 e. The van der Waals surface area contributed by atoms with Crippen LogP contribution in [0.15, 0.2) is 29.2 Å². The Morgan fingerprint density at radius 3 is 1.48 bits per heavy atom. The summed E-state index contributed by atoms with van der Waals surface area (Å²) in [6, 6.07) is 8.01. The smallest absolute Gasteiger partial charge is 0.155 e. The largest absolute Gasteiger partial charge is 1.00 e. The van der Waals surface area contributed by atoms with E-state index in [-0.39, 0.29) is 12.4 Å². The molecule has 3 heteroatoms. The number of phenolic OH excluding ortho intramolecular Hbond substituents is 1. The molecule has 0 fully saturated rings. The molecule has 0 unspecified atom stereocenters. The van der Waals surface area contributed by atoms with E-state index in [1.54, 1.807) is 0 Å². The molecule has 0 radical (unpaired) electrons. The lowest BCUT2D eigenvalue weighted by Gasteiger charge is -2.09. The SMILES string of the molecule is CCCCCCCC[S+](CCCCCCCC)c1ccc(O)cc1.[Cl-]. The predicted octanol–water partition coefficient (Wildman–Crippen LogP) is 4.09. The van der Waals surface area contributed by atoms with E-state index < -0.39 is 0 Å². The quantitative estimate of drug-likeness (QED) is 0.355. The van der Waals surface area contributed by atoms with Gasteiger partial charge in [0.05, 0.1) is 0 Å². The molecule has 146 valence electrons. The maximum absolute atomic E-state index is 9.53. The fourth-order valence-corrected chi connectivity index (χ4v) is 5.39. The molecule has 0 atom stereocenters. The normalized spacial score (nSPS) is 10.8. The van der Waals surface area contributed by atoms with Crippen LogP contribution < -0.4 is 12.4 Å². The summed E-state index contributed by atoms with van der Waals surface area (Å²) >= 11 is 0. The number of halogens is 1. The minimum atomic E-state index is 0. The molecule has 0 aromatic heterocycles. The lowest BCUT2D eigenvalue weighted by atomic mass is 10.1. The van der Waals surface area contributed by atoms with E-state index in [9.17, 15) is 5.11 Å². The van der Waals surface area contributed by atoms with E-state index in [0.717, 1.165) is 0 Å². The Bertz CT molecular complexity index is 378. The highest BCUT2D eigenvalue weighted by molar-refractivity contribution is 7.96. The van der Waals surface area contributed by atoms with Crippen molar-refractivity contribution in [3.05, 3.63) is 24.3 Å². The minimum absolute atomic E-state index is 0. The topological polar surface area (TPSA) is 20.2 Å². The van der Waals surface area contributed by atoms with Crippen molar-refractivity contribution >= 4 is 10.9 Å². The molecule has 0 spiro atoms. The average Bonchev–Trinajstić information content (AvgIpc) is 2.60. The van der Waals surface area contributed by atoms with Crippen LogP contribution in [-0.2, 0) is 10.9 Å². The molecule has 0 saturated heterocycles. The van der Waals surface area contributed by atoms with E-state index in [4.69, 9.17) is 0 Å². The fraction of sp³-hybridized carbons (Fsp3) is 0.727. The van der Waals surface area contributed by atoms with Gasteiger partial charge in [0, 0.05) is 10.9 Å². The second kappa shape index (κ2) is 17.1. The fourth-order valence-electron chi connectivity index (χ4n) is 3.09. The molecule has 0 saturated carbocycles. The Morgan fingerprint density at radius 1 is 0.640 bits per heavy atom. The molecule has 25 heavy (non-hydrogen) atoms. The van der Waals surface area contributed by atoms with E-state index >= 15 is 0 Å². The second-order valence-electron chi connectivity index (χ2n) is 6.93. The Balaban J connectivity index is 0.00000576. The van der Waals surface area contributed by atoms with Gasteiger partial charge in [0.2, 0.25) is 0 Å². The summed E-state index contributed by atoms with van der Waals surface area (Å²) in [7, 11) is 0.378. The van der Waals surface area contributed by atoms with Crippen LogP contribution in [0, 0.1) is 0 Å². The summed E-state index contributed by atoms with van der Waals surface area (Å²) in [4.78, 5) is 1.45. The monoisotopic (exact) mass is 386 g/mol. The van der Waals surface area contributed by atoms with Crippen LogP contribution in [-0.4, -0.2) is 16.6 Å². The van der Waals surface area contributed by atoms with Crippen LogP contribution in [0.25, 0.3) is 0 Å². The number of hydrogen-bond donors (Lipinski definition) is 1. The van der Waals surface area contributed by atoms with Crippen LogP contribution in [0.5, 0.6) is 5.75 Å². The maximum Gasteiger partial charge on any atom is 0.155 e. The third-order valence-electron chi connectivity index (χ3n) is 4.66. The Kier molecular flexibility index (Phi) is 16.9.